The zero-order valence-corrected chi connectivity index (χ0v) is 34.3. The molecule has 2 aromatic rings. The van der Waals surface area contributed by atoms with E-state index in [9.17, 15) is 35.7 Å². The maximum absolute atomic E-state index is 11.8. The van der Waals surface area contributed by atoms with Crippen LogP contribution in [0.25, 0.3) is 0 Å². The first-order chi connectivity index (χ1) is 26.4. The third-order valence-corrected chi connectivity index (χ3v) is 12.2. The number of aliphatic hydroxyl groups excluding tert-OH is 4. The van der Waals surface area contributed by atoms with Gasteiger partial charge in [-0.2, -0.15) is 0 Å². The van der Waals surface area contributed by atoms with Crippen molar-refractivity contribution in [2.24, 2.45) is 0 Å². The predicted molar refractivity (Wildman–Crippen MR) is 213 cm³/mol. The van der Waals surface area contributed by atoms with Crippen LogP contribution in [0.2, 0.25) is 0 Å². The van der Waals surface area contributed by atoms with E-state index in [0.717, 1.165) is 38.5 Å². The van der Waals surface area contributed by atoms with Gasteiger partial charge in [-0.15, -0.1) is 23.2 Å². The molecular weight excluding hydrogens is 751 g/mol. The van der Waals surface area contributed by atoms with Crippen molar-refractivity contribution in [3.05, 3.63) is 46.5 Å². The first-order valence-corrected chi connectivity index (χ1v) is 21.0. The van der Waals surface area contributed by atoms with Crippen molar-refractivity contribution in [1.82, 2.24) is 0 Å². The summed E-state index contributed by atoms with van der Waals surface area (Å²) in [6, 6.07) is 6.80. The molecule has 2 aromatic carbocycles. The lowest BCUT2D eigenvalue weighted by molar-refractivity contribution is -0.277. The van der Waals surface area contributed by atoms with E-state index in [1.807, 2.05) is 0 Å². The third-order valence-electron chi connectivity index (χ3n) is 11.4. The normalized spacial score (nSPS) is 31.5. The predicted octanol–water partition coefficient (Wildman–Crippen LogP) is 7.95. The van der Waals surface area contributed by atoms with E-state index in [-0.39, 0.29) is 45.6 Å². The van der Waals surface area contributed by atoms with E-state index in [1.54, 1.807) is 38.5 Å². The fraction of sp³-hybridized carbons (Fsp3) is 0.714. The van der Waals surface area contributed by atoms with Gasteiger partial charge in [0, 0.05) is 36.1 Å². The van der Waals surface area contributed by atoms with Crippen LogP contribution in [0.15, 0.2) is 24.3 Å². The smallest absolute Gasteiger partial charge is 0.229 e. The van der Waals surface area contributed by atoms with E-state index < -0.39 is 49.5 Å². The Balaban J connectivity index is 1.75. The first-order valence-electron chi connectivity index (χ1n) is 20.1. The number of alkyl halides is 2. The Morgan fingerprint density at radius 3 is 1.62 bits per heavy atom. The van der Waals surface area contributed by atoms with Crippen LogP contribution in [-0.2, 0) is 14.2 Å². The van der Waals surface area contributed by atoms with Crippen molar-refractivity contribution in [2.45, 2.75) is 169 Å². The first kappa shape index (κ1) is 45.6. The van der Waals surface area contributed by atoms with Crippen LogP contribution in [-0.4, -0.2) is 98.0 Å². The number of aromatic hydroxyl groups is 3. The van der Waals surface area contributed by atoms with Crippen LogP contribution in [0.5, 0.6) is 23.0 Å². The Morgan fingerprint density at radius 2 is 1.15 bits per heavy atom. The summed E-state index contributed by atoms with van der Waals surface area (Å²) in [6.07, 6.45) is 1.53. The van der Waals surface area contributed by atoms with Gasteiger partial charge >= 0.3 is 0 Å². The highest BCUT2D eigenvalue weighted by atomic mass is 35.5. The zero-order valence-electron chi connectivity index (χ0n) is 32.8. The SMILES string of the molecule is CCCC[C@H]1CCC[C@@H](Cl)C[C@@H](OC)c2cc(O)c(c(O[C@@H]3O[C@H](CO)[C@@H](O)[C@H](O)[C@H]3O)c2)[C@@H](CCCC)CCC[C@@H](Cl)C[C@@H](OC)c2cc(O)c1c(O)c2. The summed E-state index contributed by atoms with van der Waals surface area (Å²) in [6.45, 7) is 3.59. The standard InChI is InChI=1S/C42H64Cl2O11/c1-5-7-11-24-13-9-15-29(44)22-34(53-4)27-19-32(48)38(35(20-27)54-42-41(51)40(50)39(49)36(23-45)55-42)25(12-8-6-2)14-10-16-28(43)21-33(52-3)26-17-30(46)37(24)31(47)18-26/h17-20,24-25,28-29,33-34,36,39-42,45-51H,5-16,21-23H2,1-4H3/t24-,25-,28+,29+,33+,34+,36+,39+,40-,41+,42+/m0/s1. The highest BCUT2D eigenvalue weighted by Crippen LogP contribution is 2.46. The quantitative estimate of drug-likeness (QED) is 0.110. The third kappa shape index (κ3) is 12.0. The number of ether oxygens (including phenoxy) is 4. The second-order valence-electron chi connectivity index (χ2n) is 15.4. The molecule has 0 aromatic heterocycles. The number of rotatable bonds is 11. The van der Waals surface area contributed by atoms with E-state index in [0.29, 0.717) is 73.6 Å². The van der Waals surface area contributed by atoms with Gasteiger partial charge in [-0.1, -0.05) is 52.4 Å². The summed E-state index contributed by atoms with van der Waals surface area (Å²) < 4.78 is 23.9. The van der Waals surface area contributed by atoms with E-state index in [4.69, 9.17) is 42.1 Å². The molecule has 1 fully saturated rings. The van der Waals surface area contributed by atoms with Gasteiger partial charge in [0.1, 0.15) is 47.4 Å². The van der Waals surface area contributed by atoms with Gasteiger partial charge in [0.25, 0.3) is 0 Å². The van der Waals surface area contributed by atoms with E-state index in [2.05, 4.69) is 13.8 Å². The second kappa shape index (κ2) is 22.2. The zero-order chi connectivity index (χ0) is 40.2. The Hall–Kier alpha value is -2.06. The number of aliphatic hydroxyl groups is 4. The van der Waals surface area contributed by atoms with Crippen LogP contribution < -0.4 is 4.74 Å². The number of unbranched alkanes of at least 4 members (excludes halogenated alkanes) is 2. The number of methoxy groups -OCH3 is 2. The number of benzene rings is 2. The molecule has 0 unspecified atom stereocenters. The Kier molecular flexibility index (Phi) is 18.4. The summed E-state index contributed by atoms with van der Waals surface area (Å²) in [5.74, 6) is 0.0461. The molecule has 1 aliphatic heterocycles. The number of hydrogen-bond donors (Lipinski definition) is 7. The lowest BCUT2D eigenvalue weighted by atomic mass is 9.85. The van der Waals surface area contributed by atoms with Crippen molar-refractivity contribution in [2.75, 3.05) is 20.8 Å². The molecule has 0 spiro atoms. The summed E-state index contributed by atoms with van der Waals surface area (Å²) in [5.41, 5.74) is 2.29. The molecule has 11 atom stereocenters. The highest BCUT2D eigenvalue weighted by Gasteiger charge is 2.45. The summed E-state index contributed by atoms with van der Waals surface area (Å²) in [5, 5.41) is 75.5. The molecule has 0 amide bonds. The summed E-state index contributed by atoms with van der Waals surface area (Å²) in [7, 11) is 3.16. The molecule has 5 aliphatic rings. The number of halogens is 2. The molecule has 55 heavy (non-hydrogen) atoms. The maximum atomic E-state index is 11.8. The molecule has 7 rings (SSSR count). The van der Waals surface area contributed by atoms with Crippen LogP contribution in [0.3, 0.4) is 0 Å². The molecule has 13 heteroatoms. The lowest BCUT2D eigenvalue weighted by Crippen LogP contribution is -2.60. The molecule has 7 N–H and O–H groups in total. The average molecular weight is 816 g/mol. The molecule has 0 radical (unpaired) electrons. The van der Waals surface area contributed by atoms with Gasteiger partial charge in [-0.3, -0.25) is 0 Å². The van der Waals surface area contributed by atoms with Crippen molar-refractivity contribution >= 4 is 23.2 Å². The van der Waals surface area contributed by atoms with Gasteiger partial charge in [0.2, 0.25) is 6.29 Å². The molecule has 0 saturated carbocycles. The molecule has 11 nitrogen and oxygen atoms in total. The van der Waals surface area contributed by atoms with Gasteiger partial charge in [-0.05, 0) is 98.6 Å². The van der Waals surface area contributed by atoms with Crippen LogP contribution >= 0.6 is 23.2 Å². The van der Waals surface area contributed by atoms with Crippen molar-refractivity contribution in [3.8, 4) is 23.0 Å². The topological polar surface area (TPSA) is 179 Å². The van der Waals surface area contributed by atoms with E-state index >= 15 is 0 Å². The minimum Gasteiger partial charge on any atom is -0.508 e. The van der Waals surface area contributed by atoms with Crippen LogP contribution in [0, 0.1) is 0 Å². The van der Waals surface area contributed by atoms with E-state index in [1.165, 1.54) is 0 Å². The second-order valence-corrected chi connectivity index (χ2v) is 16.6. The van der Waals surface area contributed by atoms with Gasteiger partial charge in [0.15, 0.2) is 0 Å². The fourth-order valence-electron chi connectivity index (χ4n) is 8.24. The average Bonchev–Trinajstić information content (AvgIpc) is 3.15. The van der Waals surface area contributed by atoms with Crippen LogP contribution in [0.1, 0.15) is 150 Å². The molecular formula is C42H64Cl2O11. The minimum absolute atomic E-state index is 0.0169. The molecule has 312 valence electrons. The fourth-order valence-corrected chi connectivity index (χ4v) is 8.87. The monoisotopic (exact) mass is 814 g/mol. The summed E-state index contributed by atoms with van der Waals surface area (Å²) in [4.78, 5) is 0. The Labute approximate surface area is 336 Å². The Bertz CT molecular complexity index is 1440. The van der Waals surface area contributed by atoms with Crippen molar-refractivity contribution < 1.29 is 54.7 Å². The number of phenols is 3. The van der Waals surface area contributed by atoms with Crippen molar-refractivity contribution in [1.29, 1.82) is 0 Å². The maximum Gasteiger partial charge on any atom is 0.229 e. The number of hydrogen-bond acceptors (Lipinski definition) is 11. The lowest BCUT2D eigenvalue weighted by Gasteiger charge is -2.40. The molecule has 4 bridgehead atoms. The summed E-state index contributed by atoms with van der Waals surface area (Å²) >= 11 is 13.9. The Morgan fingerprint density at radius 1 is 0.673 bits per heavy atom. The van der Waals surface area contributed by atoms with Gasteiger partial charge < -0.3 is 54.7 Å². The highest BCUT2D eigenvalue weighted by molar-refractivity contribution is 6.20. The van der Waals surface area contributed by atoms with Gasteiger partial charge in [-0.25, -0.2) is 0 Å². The minimum atomic E-state index is -1.64. The number of phenolic OH excluding ortho intramolecular Hbond substituents is 3. The molecule has 1 heterocycles. The van der Waals surface area contributed by atoms with Crippen molar-refractivity contribution in [3.63, 3.8) is 0 Å². The molecule has 1 saturated heterocycles. The van der Waals surface area contributed by atoms with Gasteiger partial charge in [0.05, 0.1) is 18.8 Å². The van der Waals surface area contributed by atoms with Crippen LogP contribution in [0.4, 0.5) is 0 Å². The molecule has 4 aliphatic carbocycles. The largest absolute Gasteiger partial charge is 0.508 e.